The maximum absolute atomic E-state index is 13.3. The average Bonchev–Trinajstić information content (AvgIpc) is 3.26. The molecule has 0 aliphatic heterocycles. The Hall–Kier alpha value is -4.92. The fourth-order valence-electron chi connectivity index (χ4n) is 4.03. The van der Waals surface area contributed by atoms with E-state index in [0.29, 0.717) is 27.7 Å². The number of H-pyrrole nitrogens is 1. The second-order valence-corrected chi connectivity index (χ2v) is 7.76. The van der Waals surface area contributed by atoms with E-state index >= 15 is 0 Å². The minimum Gasteiger partial charge on any atom is -0.337 e. The third-order valence-corrected chi connectivity index (χ3v) is 5.50. The van der Waals surface area contributed by atoms with Crippen molar-refractivity contribution in [3.63, 3.8) is 0 Å². The Morgan fingerprint density at radius 3 is 2.44 bits per heavy atom. The van der Waals surface area contributed by atoms with E-state index in [2.05, 4.69) is 15.3 Å². The monoisotopic (exact) mass is 452 g/mol. The molecule has 9 nitrogen and oxygen atoms in total. The molecule has 5 rings (SSSR count). The van der Waals surface area contributed by atoms with Crippen LogP contribution in [0.3, 0.4) is 0 Å². The molecule has 4 aromatic rings. The molecule has 34 heavy (non-hydrogen) atoms. The van der Waals surface area contributed by atoms with E-state index in [1.807, 2.05) is 0 Å². The summed E-state index contributed by atoms with van der Waals surface area (Å²) in [5, 5.41) is 13.8. The molecule has 0 unspecified atom stereocenters. The summed E-state index contributed by atoms with van der Waals surface area (Å²) in [6, 6.07) is 15.8. The van der Waals surface area contributed by atoms with E-state index in [1.54, 1.807) is 48.5 Å². The summed E-state index contributed by atoms with van der Waals surface area (Å²) in [5.41, 5.74) is 2.55. The Bertz CT molecular complexity index is 1580. The summed E-state index contributed by atoms with van der Waals surface area (Å²) in [7, 11) is 0. The number of aromatic amines is 1. The normalized spacial score (nSPS) is 12.9. The first-order chi connectivity index (χ1) is 16.3. The number of amides is 1. The van der Waals surface area contributed by atoms with Crippen LogP contribution in [0.4, 0.5) is 5.69 Å². The summed E-state index contributed by atoms with van der Waals surface area (Å²) in [6.07, 6.45) is 1.54. The molecular formula is C25H16N4O5. The van der Waals surface area contributed by atoms with Crippen LogP contribution in [0.25, 0.3) is 22.8 Å². The lowest BCUT2D eigenvalue weighted by Gasteiger charge is -2.17. The van der Waals surface area contributed by atoms with Gasteiger partial charge in [0.2, 0.25) is 5.91 Å². The summed E-state index contributed by atoms with van der Waals surface area (Å²) < 4.78 is 0. The summed E-state index contributed by atoms with van der Waals surface area (Å²) in [4.78, 5) is 56.4. The topological polar surface area (TPSA) is 135 Å². The number of benzene rings is 3. The van der Waals surface area contributed by atoms with Crippen LogP contribution in [-0.4, -0.2) is 32.4 Å². The number of nitrogens with one attached hydrogen (secondary N) is 2. The number of nitro benzene ring substituents is 1. The van der Waals surface area contributed by atoms with Gasteiger partial charge in [-0.15, -0.1) is 0 Å². The molecule has 1 aliphatic carbocycles. The molecular weight excluding hydrogens is 436 g/mol. The first-order valence-electron chi connectivity index (χ1n) is 10.3. The van der Waals surface area contributed by atoms with E-state index in [1.165, 1.54) is 25.1 Å². The summed E-state index contributed by atoms with van der Waals surface area (Å²) in [5.74, 6) is -0.702. The van der Waals surface area contributed by atoms with Crippen LogP contribution in [0.1, 0.15) is 50.2 Å². The largest absolute Gasteiger partial charge is 0.337 e. The van der Waals surface area contributed by atoms with Crippen molar-refractivity contribution in [1.82, 2.24) is 15.3 Å². The highest BCUT2D eigenvalue weighted by molar-refractivity contribution is 6.31. The van der Waals surface area contributed by atoms with Gasteiger partial charge in [0.05, 0.1) is 21.7 Å². The molecule has 1 heterocycles. The number of nitro groups is 1. The van der Waals surface area contributed by atoms with E-state index in [0.717, 1.165) is 0 Å². The van der Waals surface area contributed by atoms with Crippen molar-refractivity contribution in [2.24, 2.45) is 0 Å². The molecule has 166 valence electrons. The SMILES string of the molecule is CC(=O)N/C(=C\c1cccc([N+](=O)[O-])c1)c1nc2c3c(ccc2[nH]1)C(=O)c1ccccc1C3=O. The molecule has 0 saturated heterocycles. The van der Waals surface area contributed by atoms with Gasteiger partial charge in [-0.25, -0.2) is 4.98 Å². The number of hydrogen-bond donors (Lipinski definition) is 2. The minimum atomic E-state index is -0.511. The molecule has 0 saturated carbocycles. The van der Waals surface area contributed by atoms with Gasteiger partial charge < -0.3 is 10.3 Å². The number of fused-ring (bicyclic) bond motifs is 4. The highest BCUT2D eigenvalue weighted by Crippen LogP contribution is 2.32. The lowest BCUT2D eigenvalue weighted by molar-refractivity contribution is -0.384. The van der Waals surface area contributed by atoms with Crippen molar-refractivity contribution < 1.29 is 19.3 Å². The van der Waals surface area contributed by atoms with Crippen LogP contribution in [0.5, 0.6) is 0 Å². The molecule has 3 aromatic carbocycles. The van der Waals surface area contributed by atoms with Gasteiger partial charge in [0, 0.05) is 35.7 Å². The fraction of sp³-hybridized carbons (Fsp3) is 0.0400. The molecule has 0 spiro atoms. The lowest BCUT2D eigenvalue weighted by atomic mass is 9.83. The van der Waals surface area contributed by atoms with Crippen molar-refractivity contribution in [1.29, 1.82) is 0 Å². The fourth-order valence-corrected chi connectivity index (χ4v) is 4.03. The molecule has 0 atom stereocenters. The number of hydrogen-bond acceptors (Lipinski definition) is 6. The molecule has 1 aliphatic rings. The maximum Gasteiger partial charge on any atom is 0.270 e. The zero-order valence-corrected chi connectivity index (χ0v) is 17.8. The Morgan fingerprint density at radius 2 is 1.74 bits per heavy atom. The van der Waals surface area contributed by atoms with Gasteiger partial charge in [0.1, 0.15) is 5.52 Å². The molecule has 0 radical (unpaired) electrons. The average molecular weight is 452 g/mol. The van der Waals surface area contributed by atoms with Crippen molar-refractivity contribution >= 4 is 46.0 Å². The molecule has 9 heteroatoms. The number of nitrogens with zero attached hydrogens (tertiary/aromatic N) is 2. The smallest absolute Gasteiger partial charge is 0.270 e. The zero-order chi connectivity index (χ0) is 24.0. The summed E-state index contributed by atoms with van der Waals surface area (Å²) in [6.45, 7) is 1.32. The molecule has 0 fully saturated rings. The van der Waals surface area contributed by atoms with Crippen molar-refractivity contribution in [2.75, 3.05) is 0 Å². The number of carbonyl (C=O) groups is 3. The van der Waals surface area contributed by atoms with Gasteiger partial charge >= 0.3 is 0 Å². The van der Waals surface area contributed by atoms with Gasteiger partial charge in [-0.05, 0) is 23.8 Å². The predicted octanol–water partition coefficient (Wildman–Crippen LogP) is 3.88. The van der Waals surface area contributed by atoms with Crippen molar-refractivity contribution in [3.8, 4) is 0 Å². The number of carbonyl (C=O) groups excluding carboxylic acids is 3. The minimum absolute atomic E-state index is 0.0997. The third-order valence-electron chi connectivity index (χ3n) is 5.50. The highest BCUT2D eigenvalue weighted by Gasteiger charge is 2.32. The quantitative estimate of drug-likeness (QED) is 0.314. The van der Waals surface area contributed by atoms with E-state index in [4.69, 9.17) is 0 Å². The van der Waals surface area contributed by atoms with E-state index in [-0.39, 0.29) is 45.8 Å². The van der Waals surface area contributed by atoms with Gasteiger partial charge in [-0.1, -0.05) is 36.4 Å². The number of aromatic nitrogens is 2. The second kappa shape index (κ2) is 7.89. The maximum atomic E-state index is 13.3. The van der Waals surface area contributed by atoms with Crippen LogP contribution in [0, 0.1) is 10.1 Å². The Morgan fingerprint density at radius 1 is 1.00 bits per heavy atom. The summed E-state index contributed by atoms with van der Waals surface area (Å²) >= 11 is 0. The molecule has 0 bridgehead atoms. The highest BCUT2D eigenvalue weighted by atomic mass is 16.6. The standard InChI is InChI=1S/C25H16N4O5/c1-13(30)26-20(12-14-5-4-6-15(11-14)29(33)34)25-27-19-10-9-18-21(22(19)28-25)24(32)17-8-3-2-7-16(17)23(18)31/h2-12H,1H3,(H,26,30)(H,27,28)/b20-12-. The van der Waals surface area contributed by atoms with Gasteiger partial charge in [0.25, 0.3) is 5.69 Å². The predicted molar refractivity (Wildman–Crippen MR) is 124 cm³/mol. The van der Waals surface area contributed by atoms with Crippen molar-refractivity contribution in [2.45, 2.75) is 6.92 Å². The van der Waals surface area contributed by atoms with Crippen LogP contribution in [-0.2, 0) is 4.79 Å². The van der Waals surface area contributed by atoms with E-state index < -0.39 is 4.92 Å². The second-order valence-electron chi connectivity index (χ2n) is 7.76. The van der Waals surface area contributed by atoms with Crippen molar-refractivity contribution in [3.05, 3.63) is 104 Å². The zero-order valence-electron chi connectivity index (χ0n) is 17.8. The molecule has 2 N–H and O–H groups in total. The van der Waals surface area contributed by atoms with Crippen LogP contribution in [0.2, 0.25) is 0 Å². The number of imidazole rings is 1. The third kappa shape index (κ3) is 3.45. The number of non-ortho nitro benzene ring substituents is 1. The first kappa shape index (κ1) is 21.0. The molecule has 1 amide bonds. The lowest BCUT2D eigenvalue weighted by Crippen LogP contribution is -2.21. The number of rotatable bonds is 4. The Kier molecular flexibility index (Phi) is 4.86. The van der Waals surface area contributed by atoms with Gasteiger partial charge in [-0.2, -0.15) is 0 Å². The van der Waals surface area contributed by atoms with Gasteiger partial charge in [-0.3, -0.25) is 24.5 Å². The molecule has 1 aromatic heterocycles. The van der Waals surface area contributed by atoms with Crippen LogP contribution < -0.4 is 5.32 Å². The van der Waals surface area contributed by atoms with E-state index in [9.17, 15) is 24.5 Å². The van der Waals surface area contributed by atoms with Crippen LogP contribution >= 0.6 is 0 Å². The first-order valence-corrected chi connectivity index (χ1v) is 10.3. The number of ketones is 2. The van der Waals surface area contributed by atoms with Crippen LogP contribution in [0.15, 0.2) is 60.7 Å². The van der Waals surface area contributed by atoms with Gasteiger partial charge in [0.15, 0.2) is 17.4 Å². The Labute approximate surface area is 192 Å². The Balaban J connectivity index is 1.67.